The van der Waals surface area contributed by atoms with E-state index in [2.05, 4.69) is 44.1 Å². The van der Waals surface area contributed by atoms with E-state index in [0.717, 1.165) is 65.8 Å². The van der Waals surface area contributed by atoms with Crippen LogP contribution in [0.3, 0.4) is 0 Å². The van der Waals surface area contributed by atoms with Crippen molar-refractivity contribution in [2.75, 3.05) is 44.6 Å². The molecule has 4 aromatic rings. The zero-order valence-electron chi connectivity index (χ0n) is 27.7. The minimum absolute atomic E-state index is 0.00687. The second-order valence-electron chi connectivity index (χ2n) is 13.2. The van der Waals surface area contributed by atoms with E-state index in [4.69, 9.17) is 0 Å². The summed E-state index contributed by atoms with van der Waals surface area (Å²) in [5.74, 6) is -0.337. The first-order valence-corrected chi connectivity index (χ1v) is 17.4. The number of nitriles is 1. The fraction of sp³-hybridized carbons (Fsp3) is 0.529. The minimum atomic E-state index is -4.52. The first-order chi connectivity index (χ1) is 23.7. The van der Waals surface area contributed by atoms with Crippen LogP contribution in [-0.4, -0.2) is 98.8 Å². The van der Waals surface area contributed by atoms with Gasteiger partial charge in [-0.05, 0) is 56.0 Å². The number of benzene rings is 1. The molecule has 2 aliphatic heterocycles. The van der Waals surface area contributed by atoms with Gasteiger partial charge in [0, 0.05) is 80.2 Å². The van der Waals surface area contributed by atoms with Gasteiger partial charge in [-0.25, -0.2) is 9.97 Å². The predicted molar refractivity (Wildman–Crippen MR) is 179 cm³/mol. The average molecular weight is 721 g/mol. The van der Waals surface area contributed by atoms with E-state index in [1.165, 1.54) is 17.3 Å². The molecular weight excluding hydrogens is 682 g/mol. The Morgan fingerprint density at radius 3 is 2.40 bits per heavy atom. The van der Waals surface area contributed by atoms with Gasteiger partial charge in [-0.1, -0.05) is 6.07 Å². The number of carbonyl (C=O) groups is 1. The van der Waals surface area contributed by atoms with Crippen LogP contribution in [0.2, 0.25) is 0 Å². The Hall–Kier alpha value is -3.94. The minimum Gasteiger partial charge on any atom is -0.367 e. The van der Waals surface area contributed by atoms with Crippen molar-refractivity contribution in [2.45, 2.75) is 77.1 Å². The maximum atomic E-state index is 12.9. The number of hydrogen-bond acceptors (Lipinski definition) is 8. The van der Waals surface area contributed by atoms with Crippen LogP contribution in [0.1, 0.15) is 47.9 Å². The fourth-order valence-electron chi connectivity index (χ4n) is 7.03. The number of likely N-dealkylation sites (tertiary alicyclic amines) is 1. The molecule has 0 saturated carbocycles. The van der Waals surface area contributed by atoms with E-state index in [9.17, 15) is 36.4 Å². The van der Waals surface area contributed by atoms with Gasteiger partial charge in [-0.15, -0.1) is 11.3 Å². The van der Waals surface area contributed by atoms with Gasteiger partial charge in [0.15, 0.2) is 0 Å². The maximum absolute atomic E-state index is 12.9. The number of carbonyl (C=O) groups excluding carboxylic acids is 1. The SMILES string of the molecule is Cc1c(CN2CCC(Nc3ncnc4sc(CC(F)(F)F)cc34)CC2)ccc2c1cc(C#N)n2C[C@H](C)N1CCN(C(=O)CC(F)(F)F)CC1. The fourth-order valence-corrected chi connectivity index (χ4v) is 8.06. The molecule has 0 unspecified atom stereocenters. The number of nitrogens with zero attached hydrogens (tertiary/aromatic N) is 7. The number of anilines is 1. The van der Waals surface area contributed by atoms with Gasteiger partial charge in [0.05, 0.1) is 11.8 Å². The molecule has 9 nitrogen and oxygen atoms in total. The van der Waals surface area contributed by atoms with E-state index < -0.39 is 31.1 Å². The molecule has 0 radical (unpaired) electrons. The van der Waals surface area contributed by atoms with Crippen molar-refractivity contribution < 1.29 is 31.1 Å². The van der Waals surface area contributed by atoms with Crippen molar-refractivity contribution in [3.63, 3.8) is 0 Å². The largest absolute Gasteiger partial charge is 0.397 e. The normalized spacial score (nSPS) is 17.8. The second-order valence-corrected chi connectivity index (χ2v) is 14.3. The summed E-state index contributed by atoms with van der Waals surface area (Å²) < 4.78 is 78.9. The number of aromatic nitrogens is 3. The molecule has 2 aliphatic rings. The number of piperazine rings is 1. The molecule has 50 heavy (non-hydrogen) atoms. The van der Waals surface area contributed by atoms with Gasteiger partial charge in [0.1, 0.15) is 35.2 Å². The first kappa shape index (κ1) is 35.9. The van der Waals surface area contributed by atoms with Gasteiger partial charge in [-0.3, -0.25) is 14.6 Å². The summed E-state index contributed by atoms with van der Waals surface area (Å²) in [4.78, 5) is 27.1. The number of alkyl halides is 6. The van der Waals surface area contributed by atoms with E-state index in [0.29, 0.717) is 41.4 Å². The number of fused-ring (bicyclic) bond motifs is 2. The standard InChI is InChI=1S/C34H38F6N8OS/c1-21(46-9-11-47(12-10-46)30(49)16-34(38,39)40)18-48-25(17-41)13-27-22(2)23(3-4-29(27)48)19-45-7-5-24(6-8-45)44-31-28-14-26(15-33(35,36)37)50-32(28)43-20-42-31/h3-4,13-14,20-21,24H,5-12,15-16,18-19H2,1-2H3,(H,42,43,44)/t21-/m0/s1. The third-order valence-electron chi connectivity index (χ3n) is 9.75. The van der Waals surface area contributed by atoms with Gasteiger partial charge in [-0.2, -0.15) is 31.6 Å². The quantitative estimate of drug-likeness (QED) is 0.198. The van der Waals surface area contributed by atoms with Gasteiger partial charge >= 0.3 is 12.4 Å². The zero-order chi connectivity index (χ0) is 35.8. The van der Waals surface area contributed by atoms with Crippen LogP contribution in [0.5, 0.6) is 0 Å². The highest BCUT2D eigenvalue weighted by molar-refractivity contribution is 7.18. The van der Waals surface area contributed by atoms with Crippen LogP contribution >= 0.6 is 11.3 Å². The van der Waals surface area contributed by atoms with Crippen LogP contribution in [0.25, 0.3) is 21.1 Å². The molecule has 6 rings (SSSR count). The molecule has 0 aliphatic carbocycles. The van der Waals surface area contributed by atoms with Crippen molar-refractivity contribution >= 4 is 44.2 Å². The van der Waals surface area contributed by atoms with Gasteiger partial charge in [0.25, 0.3) is 0 Å². The monoisotopic (exact) mass is 720 g/mol. The Morgan fingerprint density at radius 2 is 1.74 bits per heavy atom. The Morgan fingerprint density at radius 1 is 1.02 bits per heavy atom. The summed E-state index contributed by atoms with van der Waals surface area (Å²) in [6, 6.07) is 10.0. The molecule has 16 heteroatoms. The number of rotatable bonds is 9. The summed E-state index contributed by atoms with van der Waals surface area (Å²) >= 11 is 1.04. The topological polar surface area (TPSA) is 93.3 Å². The lowest BCUT2D eigenvalue weighted by molar-refractivity contribution is -0.162. The van der Waals surface area contributed by atoms with Crippen LogP contribution in [0, 0.1) is 18.3 Å². The highest BCUT2D eigenvalue weighted by Gasteiger charge is 2.35. The summed E-state index contributed by atoms with van der Waals surface area (Å²) in [7, 11) is 0. The van der Waals surface area contributed by atoms with Crippen molar-refractivity contribution in [2.24, 2.45) is 0 Å². The molecule has 0 spiro atoms. The molecule has 1 atom stereocenters. The second kappa shape index (κ2) is 14.4. The molecular formula is C34H38F6N8OS. The molecule has 1 amide bonds. The molecule has 2 saturated heterocycles. The molecule has 268 valence electrons. The average Bonchev–Trinajstić information content (AvgIpc) is 3.63. The van der Waals surface area contributed by atoms with Crippen molar-refractivity contribution in [1.82, 2.24) is 29.2 Å². The third-order valence-corrected chi connectivity index (χ3v) is 10.8. The smallest absolute Gasteiger partial charge is 0.367 e. The van der Waals surface area contributed by atoms with Crippen molar-refractivity contribution in [3.05, 3.63) is 52.3 Å². The van der Waals surface area contributed by atoms with E-state index in [1.54, 1.807) is 0 Å². The maximum Gasteiger partial charge on any atom is 0.397 e. The predicted octanol–water partition coefficient (Wildman–Crippen LogP) is 6.49. The number of aryl methyl sites for hydroxylation is 1. The first-order valence-electron chi connectivity index (χ1n) is 16.6. The molecule has 0 bridgehead atoms. The number of thiophene rings is 1. The molecule has 5 heterocycles. The lowest BCUT2D eigenvalue weighted by Crippen LogP contribution is -2.52. The van der Waals surface area contributed by atoms with Crippen LogP contribution in [0.15, 0.2) is 30.6 Å². The summed E-state index contributed by atoms with van der Waals surface area (Å²) in [5.41, 5.74) is 3.73. The Bertz CT molecular complexity index is 1880. The van der Waals surface area contributed by atoms with E-state index >= 15 is 0 Å². The third kappa shape index (κ3) is 8.33. The lowest BCUT2D eigenvalue weighted by Gasteiger charge is -2.38. The van der Waals surface area contributed by atoms with Crippen LogP contribution in [-0.2, 0) is 24.3 Å². The zero-order valence-corrected chi connectivity index (χ0v) is 28.6. The summed E-state index contributed by atoms with van der Waals surface area (Å²) in [5, 5.41) is 15.1. The Labute approximate surface area is 289 Å². The molecule has 3 aromatic heterocycles. The van der Waals surface area contributed by atoms with Gasteiger partial charge in [0.2, 0.25) is 5.91 Å². The van der Waals surface area contributed by atoms with E-state index in [-0.39, 0.29) is 30.1 Å². The highest BCUT2D eigenvalue weighted by Crippen LogP contribution is 2.34. The van der Waals surface area contributed by atoms with Crippen molar-refractivity contribution in [3.8, 4) is 6.07 Å². The number of hydrogen-bond donors (Lipinski definition) is 1. The Balaban J connectivity index is 1.06. The molecule has 2 fully saturated rings. The molecule has 1 N–H and O–H groups in total. The number of amides is 1. The molecule has 1 aromatic carbocycles. The van der Waals surface area contributed by atoms with Crippen molar-refractivity contribution in [1.29, 1.82) is 5.26 Å². The number of nitrogens with one attached hydrogen (secondary N) is 1. The van der Waals surface area contributed by atoms with E-state index in [1.807, 2.05) is 23.6 Å². The number of piperidine rings is 1. The highest BCUT2D eigenvalue weighted by atomic mass is 32.1. The summed E-state index contributed by atoms with van der Waals surface area (Å²) in [6.45, 7) is 8.38. The van der Waals surface area contributed by atoms with Gasteiger partial charge < -0.3 is 14.8 Å². The van der Waals surface area contributed by atoms with Crippen LogP contribution < -0.4 is 5.32 Å². The Kier molecular flexibility index (Phi) is 10.3. The van der Waals surface area contributed by atoms with Crippen LogP contribution in [0.4, 0.5) is 32.2 Å². The summed E-state index contributed by atoms with van der Waals surface area (Å²) in [6.07, 6.45) is -8.17. The lowest BCUT2D eigenvalue weighted by atomic mass is 10.0. The number of halogens is 6.